The number of carboxylic acid groups (broad SMARTS) is 1. The third-order valence-corrected chi connectivity index (χ3v) is 2.55. The minimum Gasteiger partial charge on any atom is -0.481 e. The van der Waals surface area contributed by atoms with Crippen LogP contribution in [-0.2, 0) is 4.79 Å². The Hall–Kier alpha value is -0.790. The Balaban J connectivity index is 2.65. The second-order valence-corrected chi connectivity index (χ2v) is 3.71. The topological polar surface area (TPSA) is 37.3 Å². The SMILES string of the molecule is CC(C)=C1CCCC1CC(=O)O. The van der Waals surface area contributed by atoms with Gasteiger partial charge in [0.15, 0.2) is 0 Å². The Labute approximate surface area is 73.3 Å². The molecule has 0 radical (unpaired) electrons. The van der Waals surface area contributed by atoms with Crippen molar-refractivity contribution in [3.05, 3.63) is 11.1 Å². The molecule has 0 saturated heterocycles. The van der Waals surface area contributed by atoms with Crippen LogP contribution < -0.4 is 0 Å². The van der Waals surface area contributed by atoms with Crippen molar-refractivity contribution in [1.29, 1.82) is 0 Å². The Kier molecular flexibility index (Phi) is 2.90. The lowest BCUT2D eigenvalue weighted by Gasteiger charge is -2.10. The van der Waals surface area contributed by atoms with Gasteiger partial charge in [-0.3, -0.25) is 4.79 Å². The number of rotatable bonds is 2. The summed E-state index contributed by atoms with van der Waals surface area (Å²) < 4.78 is 0. The van der Waals surface area contributed by atoms with Gasteiger partial charge in [-0.25, -0.2) is 0 Å². The van der Waals surface area contributed by atoms with Gasteiger partial charge in [0.1, 0.15) is 0 Å². The summed E-state index contributed by atoms with van der Waals surface area (Å²) in [6.07, 6.45) is 3.66. The molecule has 0 spiro atoms. The van der Waals surface area contributed by atoms with E-state index in [0.717, 1.165) is 12.8 Å². The lowest BCUT2D eigenvalue weighted by molar-refractivity contribution is -0.137. The van der Waals surface area contributed by atoms with Crippen molar-refractivity contribution in [2.24, 2.45) is 5.92 Å². The van der Waals surface area contributed by atoms with E-state index in [1.54, 1.807) is 0 Å². The molecule has 1 aliphatic carbocycles. The van der Waals surface area contributed by atoms with Gasteiger partial charge in [0, 0.05) is 0 Å². The molecule has 2 heteroatoms. The number of carbonyl (C=O) groups is 1. The van der Waals surface area contributed by atoms with E-state index in [9.17, 15) is 4.79 Å². The highest BCUT2D eigenvalue weighted by molar-refractivity contribution is 5.67. The van der Waals surface area contributed by atoms with E-state index in [-0.39, 0.29) is 0 Å². The van der Waals surface area contributed by atoms with Crippen LogP contribution in [0.2, 0.25) is 0 Å². The number of carboxylic acids is 1. The first-order valence-corrected chi connectivity index (χ1v) is 4.49. The van der Waals surface area contributed by atoms with Crippen molar-refractivity contribution in [2.75, 3.05) is 0 Å². The van der Waals surface area contributed by atoms with Gasteiger partial charge in [-0.15, -0.1) is 0 Å². The lowest BCUT2D eigenvalue weighted by atomic mass is 9.96. The highest BCUT2D eigenvalue weighted by Gasteiger charge is 2.23. The summed E-state index contributed by atoms with van der Waals surface area (Å²) in [7, 11) is 0. The Morgan fingerprint density at radius 3 is 2.75 bits per heavy atom. The van der Waals surface area contributed by atoms with Crippen LogP contribution in [0.1, 0.15) is 39.5 Å². The predicted octanol–water partition coefficient (Wildman–Crippen LogP) is 2.60. The molecule has 0 aliphatic heterocycles. The number of hydrogen-bond donors (Lipinski definition) is 1. The molecule has 0 aromatic carbocycles. The molecule has 1 fully saturated rings. The van der Waals surface area contributed by atoms with E-state index in [4.69, 9.17) is 5.11 Å². The van der Waals surface area contributed by atoms with Gasteiger partial charge < -0.3 is 5.11 Å². The van der Waals surface area contributed by atoms with Crippen LogP contribution in [0.25, 0.3) is 0 Å². The molecule has 1 N–H and O–H groups in total. The van der Waals surface area contributed by atoms with Gasteiger partial charge in [0.25, 0.3) is 0 Å². The third kappa shape index (κ3) is 2.10. The summed E-state index contributed by atoms with van der Waals surface area (Å²) in [5.74, 6) is -0.340. The minimum absolute atomic E-state index is 0.320. The highest BCUT2D eigenvalue weighted by atomic mass is 16.4. The summed E-state index contributed by atoms with van der Waals surface area (Å²) in [6.45, 7) is 4.16. The molecule has 0 aromatic rings. The van der Waals surface area contributed by atoms with Crippen LogP contribution >= 0.6 is 0 Å². The average molecular weight is 168 g/mol. The maximum atomic E-state index is 10.5. The first-order chi connectivity index (χ1) is 5.61. The van der Waals surface area contributed by atoms with Crippen molar-refractivity contribution < 1.29 is 9.90 Å². The molecule has 68 valence electrons. The summed E-state index contributed by atoms with van der Waals surface area (Å²) >= 11 is 0. The van der Waals surface area contributed by atoms with Crippen molar-refractivity contribution in [3.63, 3.8) is 0 Å². The predicted molar refractivity (Wildman–Crippen MR) is 48.0 cm³/mol. The van der Waals surface area contributed by atoms with Crippen LogP contribution in [0, 0.1) is 5.92 Å². The summed E-state index contributed by atoms with van der Waals surface area (Å²) in [5, 5.41) is 8.65. The Morgan fingerprint density at radius 2 is 2.25 bits per heavy atom. The molecule has 1 rings (SSSR count). The first kappa shape index (κ1) is 9.30. The maximum absolute atomic E-state index is 10.5. The second kappa shape index (κ2) is 3.74. The zero-order valence-electron chi connectivity index (χ0n) is 7.76. The van der Waals surface area contributed by atoms with Crippen LogP contribution in [0.15, 0.2) is 11.1 Å². The van der Waals surface area contributed by atoms with Crippen LogP contribution in [0.4, 0.5) is 0 Å². The van der Waals surface area contributed by atoms with E-state index < -0.39 is 5.97 Å². The van der Waals surface area contributed by atoms with E-state index in [0.29, 0.717) is 12.3 Å². The standard InChI is InChI=1S/C10H16O2/c1-7(2)9-5-3-4-8(9)6-10(11)12/h8H,3-6H2,1-2H3,(H,11,12). The smallest absolute Gasteiger partial charge is 0.303 e. The third-order valence-electron chi connectivity index (χ3n) is 2.55. The van der Waals surface area contributed by atoms with Gasteiger partial charge in [-0.2, -0.15) is 0 Å². The molecule has 0 bridgehead atoms. The average Bonchev–Trinajstić information content (AvgIpc) is 2.33. The van der Waals surface area contributed by atoms with Crippen LogP contribution in [0.3, 0.4) is 0 Å². The fourth-order valence-electron chi connectivity index (χ4n) is 2.01. The molecular formula is C10H16O2. The van der Waals surface area contributed by atoms with Crippen molar-refractivity contribution in [1.82, 2.24) is 0 Å². The summed E-state index contributed by atoms with van der Waals surface area (Å²) in [4.78, 5) is 10.5. The molecule has 12 heavy (non-hydrogen) atoms. The van der Waals surface area contributed by atoms with Crippen LogP contribution in [-0.4, -0.2) is 11.1 Å². The van der Waals surface area contributed by atoms with Gasteiger partial charge >= 0.3 is 5.97 Å². The maximum Gasteiger partial charge on any atom is 0.303 e. The van der Waals surface area contributed by atoms with Gasteiger partial charge in [0.05, 0.1) is 6.42 Å². The molecule has 2 nitrogen and oxygen atoms in total. The quantitative estimate of drug-likeness (QED) is 0.643. The molecular weight excluding hydrogens is 152 g/mol. The fraction of sp³-hybridized carbons (Fsp3) is 0.700. The zero-order chi connectivity index (χ0) is 9.14. The first-order valence-electron chi connectivity index (χ1n) is 4.49. The largest absolute Gasteiger partial charge is 0.481 e. The number of hydrogen-bond acceptors (Lipinski definition) is 1. The molecule has 1 aliphatic rings. The van der Waals surface area contributed by atoms with E-state index in [2.05, 4.69) is 13.8 Å². The minimum atomic E-state index is -0.666. The zero-order valence-corrected chi connectivity index (χ0v) is 7.76. The van der Waals surface area contributed by atoms with Gasteiger partial charge in [0.2, 0.25) is 0 Å². The number of aliphatic carboxylic acids is 1. The monoisotopic (exact) mass is 168 g/mol. The van der Waals surface area contributed by atoms with Gasteiger partial charge in [-0.1, -0.05) is 11.1 Å². The van der Waals surface area contributed by atoms with E-state index in [1.807, 2.05) is 0 Å². The van der Waals surface area contributed by atoms with E-state index >= 15 is 0 Å². The molecule has 1 atom stereocenters. The molecule has 0 amide bonds. The molecule has 1 unspecified atom stereocenters. The molecule has 1 saturated carbocycles. The van der Waals surface area contributed by atoms with Crippen molar-refractivity contribution >= 4 is 5.97 Å². The second-order valence-electron chi connectivity index (χ2n) is 3.71. The van der Waals surface area contributed by atoms with Gasteiger partial charge in [-0.05, 0) is 39.0 Å². The normalized spacial score (nSPS) is 22.8. The Bertz CT molecular complexity index is 212. The lowest BCUT2D eigenvalue weighted by Crippen LogP contribution is -2.06. The Morgan fingerprint density at radius 1 is 1.58 bits per heavy atom. The summed E-state index contributed by atoms with van der Waals surface area (Å²) in [6, 6.07) is 0. The van der Waals surface area contributed by atoms with Crippen molar-refractivity contribution in [2.45, 2.75) is 39.5 Å². The molecule has 0 aromatic heterocycles. The van der Waals surface area contributed by atoms with Crippen LogP contribution in [0.5, 0.6) is 0 Å². The van der Waals surface area contributed by atoms with Crippen molar-refractivity contribution in [3.8, 4) is 0 Å². The fourth-order valence-corrected chi connectivity index (χ4v) is 2.01. The highest BCUT2D eigenvalue weighted by Crippen LogP contribution is 2.35. The van der Waals surface area contributed by atoms with E-state index in [1.165, 1.54) is 17.6 Å². The molecule has 0 heterocycles. The summed E-state index contributed by atoms with van der Waals surface area (Å²) in [5.41, 5.74) is 2.70. The number of allylic oxidation sites excluding steroid dienone is 2.